The van der Waals surface area contributed by atoms with Gasteiger partial charge >= 0.3 is 0 Å². The first-order valence-corrected chi connectivity index (χ1v) is 7.46. The average Bonchev–Trinajstić information content (AvgIpc) is 2.66. The molecule has 1 aliphatic rings. The molecule has 4 heteroatoms. The molecule has 0 unspecified atom stereocenters. The summed E-state index contributed by atoms with van der Waals surface area (Å²) < 4.78 is 18.9. The highest BCUT2D eigenvalue weighted by Crippen LogP contribution is 2.26. The molecule has 110 valence electrons. The maximum absolute atomic E-state index is 13.2. The van der Waals surface area contributed by atoms with Crippen LogP contribution in [0.15, 0.2) is 42.5 Å². The first kappa shape index (κ1) is 14.4. The third-order valence-corrected chi connectivity index (χ3v) is 3.92. The summed E-state index contributed by atoms with van der Waals surface area (Å²) in [6.45, 7) is 3.21. The van der Waals surface area contributed by atoms with E-state index in [0.29, 0.717) is 6.61 Å². The lowest BCUT2D eigenvalue weighted by atomic mass is 10.1. The minimum absolute atomic E-state index is 0.177. The van der Waals surface area contributed by atoms with Crippen LogP contribution in [0.5, 0.6) is 5.75 Å². The maximum Gasteiger partial charge on any atom is 0.123 e. The standard InChI is InChI=1S/C17H17ClFNO/c18-15-4-5-17-14(11-15)12-20(8-9-21-17)7-6-13-2-1-3-16(19)10-13/h1-5,10-11H,6-9,12H2. The van der Waals surface area contributed by atoms with Gasteiger partial charge in [0.05, 0.1) is 0 Å². The van der Waals surface area contributed by atoms with Crippen molar-refractivity contribution in [3.63, 3.8) is 0 Å². The molecule has 0 aliphatic carbocycles. The van der Waals surface area contributed by atoms with Crippen molar-refractivity contribution < 1.29 is 9.13 Å². The van der Waals surface area contributed by atoms with E-state index in [1.807, 2.05) is 24.3 Å². The van der Waals surface area contributed by atoms with Crippen LogP contribution in [0.25, 0.3) is 0 Å². The SMILES string of the molecule is Fc1cccc(CCN2CCOc3ccc(Cl)cc3C2)c1. The number of fused-ring (bicyclic) bond motifs is 1. The van der Waals surface area contributed by atoms with Crippen molar-refractivity contribution in [3.8, 4) is 5.75 Å². The lowest BCUT2D eigenvalue weighted by Gasteiger charge is -2.19. The van der Waals surface area contributed by atoms with Crippen LogP contribution in [0, 0.1) is 5.82 Å². The Morgan fingerprint density at radius 2 is 2.10 bits per heavy atom. The van der Waals surface area contributed by atoms with E-state index in [1.165, 1.54) is 6.07 Å². The van der Waals surface area contributed by atoms with E-state index in [1.54, 1.807) is 12.1 Å². The summed E-state index contributed by atoms with van der Waals surface area (Å²) in [6.07, 6.45) is 0.827. The summed E-state index contributed by atoms with van der Waals surface area (Å²) in [4.78, 5) is 2.31. The molecule has 0 spiro atoms. The topological polar surface area (TPSA) is 12.5 Å². The lowest BCUT2D eigenvalue weighted by Crippen LogP contribution is -2.28. The zero-order valence-corrected chi connectivity index (χ0v) is 12.4. The second-order valence-electron chi connectivity index (χ2n) is 5.26. The number of benzene rings is 2. The fourth-order valence-electron chi connectivity index (χ4n) is 2.59. The van der Waals surface area contributed by atoms with Crippen LogP contribution in [-0.4, -0.2) is 24.6 Å². The van der Waals surface area contributed by atoms with E-state index in [9.17, 15) is 4.39 Å². The van der Waals surface area contributed by atoms with Crippen LogP contribution in [0.2, 0.25) is 5.02 Å². The van der Waals surface area contributed by atoms with E-state index in [0.717, 1.165) is 48.0 Å². The number of hydrogen-bond acceptors (Lipinski definition) is 2. The predicted octanol–water partition coefficient (Wildman–Crippen LogP) is 3.92. The molecule has 2 nitrogen and oxygen atoms in total. The second kappa shape index (κ2) is 6.46. The highest BCUT2D eigenvalue weighted by molar-refractivity contribution is 6.30. The monoisotopic (exact) mass is 305 g/mol. The van der Waals surface area contributed by atoms with Gasteiger partial charge in [-0.1, -0.05) is 23.7 Å². The molecule has 0 bridgehead atoms. The zero-order chi connectivity index (χ0) is 14.7. The number of ether oxygens (including phenoxy) is 1. The van der Waals surface area contributed by atoms with Gasteiger partial charge in [-0.25, -0.2) is 4.39 Å². The predicted molar refractivity (Wildman–Crippen MR) is 82.3 cm³/mol. The van der Waals surface area contributed by atoms with Gasteiger partial charge in [0.2, 0.25) is 0 Å². The summed E-state index contributed by atoms with van der Waals surface area (Å²) in [5.41, 5.74) is 2.13. The minimum atomic E-state index is -0.177. The molecule has 0 radical (unpaired) electrons. The molecule has 2 aromatic rings. The van der Waals surface area contributed by atoms with Crippen molar-refractivity contribution in [2.45, 2.75) is 13.0 Å². The van der Waals surface area contributed by atoms with Gasteiger partial charge in [-0.3, -0.25) is 4.90 Å². The Morgan fingerprint density at radius 3 is 2.95 bits per heavy atom. The minimum Gasteiger partial charge on any atom is -0.492 e. The highest BCUT2D eigenvalue weighted by atomic mass is 35.5. The molecule has 1 heterocycles. The Hall–Kier alpha value is -1.58. The highest BCUT2D eigenvalue weighted by Gasteiger charge is 2.15. The van der Waals surface area contributed by atoms with Crippen molar-refractivity contribution in [3.05, 3.63) is 64.4 Å². The van der Waals surface area contributed by atoms with Crippen LogP contribution in [0.1, 0.15) is 11.1 Å². The Kier molecular flexibility index (Phi) is 4.42. The lowest BCUT2D eigenvalue weighted by molar-refractivity contribution is 0.228. The Balaban J connectivity index is 1.66. The molecule has 3 rings (SSSR count). The molecule has 0 saturated heterocycles. The maximum atomic E-state index is 13.2. The summed E-state index contributed by atoms with van der Waals surface area (Å²) in [5, 5.41) is 0.726. The van der Waals surface area contributed by atoms with Gasteiger partial charge in [-0.2, -0.15) is 0 Å². The molecule has 0 saturated carbocycles. The third kappa shape index (κ3) is 3.74. The van der Waals surface area contributed by atoms with Gasteiger partial charge in [0.1, 0.15) is 18.2 Å². The molecule has 21 heavy (non-hydrogen) atoms. The molecule has 0 atom stereocenters. The van der Waals surface area contributed by atoms with Crippen LogP contribution < -0.4 is 4.74 Å². The number of nitrogens with zero attached hydrogens (tertiary/aromatic N) is 1. The fraction of sp³-hybridized carbons (Fsp3) is 0.294. The van der Waals surface area contributed by atoms with Gasteiger partial charge in [0.15, 0.2) is 0 Å². The number of halogens is 2. The normalized spacial score (nSPS) is 15.1. The largest absolute Gasteiger partial charge is 0.492 e. The quantitative estimate of drug-likeness (QED) is 0.852. The number of rotatable bonds is 3. The molecular weight excluding hydrogens is 289 g/mol. The van der Waals surface area contributed by atoms with Crippen LogP contribution >= 0.6 is 11.6 Å². The van der Waals surface area contributed by atoms with Crippen molar-refractivity contribution in [2.75, 3.05) is 19.7 Å². The van der Waals surface area contributed by atoms with Crippen molar-refractivity contribution in [1.82, 2.24) is 4.90 Å². The molecule has 0 fully saturated rings. The van der Waals surface area contributed by atoms with Crippen molar-refractivity contribution in [2.24, 2.45) is 0 Å². The van der Waals surface area contributed by atoms with Crippen molar-refractivity contribution in [1.29, 1.82) is 0 Å². The van der Waals surface area contributed by atoms with Crippen LogP contribution in [-0.2, 0) is 13.0 Å². The number of hydrogen-bond donors (Lipinski definition) is 0. The third-order valence-electron chi connectivity index (χ3n) is 3.69. The van der Waals surface area contributed by atoms with E-state index in [-0.39, 0.29) is 5.82 Å². The van der Waals surface area contributed by atoms with Gasteiger partial charge < -0.3 is 4.74 Å². The molecule has 0 N–H and O–H groups in total. The van der Waals surface area contributed by atoms with Gasteiger partial charge in [-0.15, -0.1) is 0 Å². The molecule has 1 aliphatic heterocycles. The zero-order valence-electron chi connectivity index (χ0n) is 11.7. The van der Waals surface area contributed by atoms with E-state index >= 15 is 0 Å². The smallest absolute Gasteiger partial charge is 0.123 e. The molecule has 0 aromatic heterocycles. The summed E-state index contributed by atoms with van der Waals surface area (Å²) in [6, 6.07) is 12.5. The first-order chi connectivity index (χ1) is 10.2. The van der Waals surface area contributed by atoms with E-state index < -0.39 is 0 Å². The second-order valence-corrected chi connectivity index (χ2v) is 5.69. The first-order valence-electron chi connectivity index (χ1n) is 7.09. The average molecular weight is 306 g/mol. The van der Waals surface area contributed by atoms with Gasteiger partial charge in [-0.05, 0) is 42.3 Å². The summed E-state index contributed by atoms with van der Waals surface area (Å²) in [7, 11) is 0. The Bertz CT molecular complexity index is 632. The van der Waals surface area contributed by atoms with Crippen LogP contribution in [0.3, 0.4) is 0 Å². The van der Waals surface area contributed by atoms with Crippen LogP contribution in [0.4, 0.5) is 4.39 Å². The molecular formula is C17H17ClFNO. The van der Waals surface area contributed by atoms with E-state index in [4.69, 9.17) is 16.3 Å². The summed E-state index contributed by atoms with van der Waals surface area (Å²) in [5.74, 6) is 0.733. The van der Waals surface area contributed by atoms with Gasteiger partial charge in [0, 0.05) is 30.2 Å². The fourth-order valence-corrected chi connectivity index (χ4v) is 2.78. The molecule has 0 amide bonds. The molecule has 2 aromatic carbocycles. The Labute approximate surface area is 129 Å². The summed E-state index contributed by atoms with van der Waals surface area (Å²) >= 11 is 6.05. The van der Waals surface area contributed by atoms with Crippen molar-refractivity contribution >= 4 is 11.6 Å². The van der Waals surface area contributed by atoms with Gasteiger partial charge in [0.25, 0.3) is 0 Å². The van der Waals surface area contributed by atoms with E-state index in [2.05, 4.69) is 4.90 Å². The Morgan fingerprint density at radius 1 is 1.19 bits per heavy atom.